The van der Waals surface area contributed by atoms with Gasteiger partial charge >= 0.3 is 0 Å². The molecule has 0 saturated heterocycles. The van der Waals surface area contributed by atoms with Crippen LogP contribution in [0.4, 0.5) is 5.69 Å². The molecule has 29 heavy (non-hydrogen) atoms. The summed E-state index contributed by atoms with van der Waals surface area (Å²) in [6, 6.07) is 18.6. The highest BCUT2D eigenvalue weighted by Gasteiger charge is 2.20. The zero-order valence-electron chi connectivity index (χ0n) is 15.4. The van der Waals surface area contributed by atoms with E-state index in [-0.39, 0.29) is 11.6 Å². The third kappa shape index (κ3) is 4.17. The molecule has 1 N–H and O–H groups in total. The maximum atomic E-state index is 13.2. The summed E-state index contributed by atoms with van der Waals surface area (Å²) in [7, 11) is 0. The molecule has 2 aromatic carbocycles. The lowest BCUT2D eigenvalue weighted by molar-refractivity contribution is -0.111. The molecule has 4 rings (SSSR count). The van der Waals surface area contributed by atoms with E-state index in [1.807, 2.05) is 55.5 Å². The predicted octanol–water partition coefficient (Wildman–Crippen LogP) is 4.64. The Kier molecular flexibility index (Phi) is 5.35. The lowest BCUT2D eigenvalue weighted by Gasteiger charge is -2.12. The van der Waals surface area contributed by atoms with Crippen molar-refractivity contribution in [1.82, 2.24) is 20.2 Å². The number of benzene rings is 2. The van der Waals surface area contributed by atoms with Gasteiger partial charge in [-0.2, -0.15) is 4.68 Å². The minimum absolute atomic E-state index is 0.228. The number of rotatable bonds is 5. The Morgan fingerprint density at radius 3 is 2.69 bits per heavy atom. The number of amides is 1. The van der Waals surface area contributed by atoms with E-state index in [4.69, 9.17) is 4.42 Å². The maximum absolute atomic E-state index is 13.2. The average molecular weight is 450 g/mol. The van der Waals surface area contributed by atoms with E-state index in [1.54, 1.807) is 18.2 Å². The summed E-state index contributed by atoms with van der Waals surface area (Å²) in [5, 5.41) is 14.9. The minimum atomic E-state index is -0.365. The van der Waals surface area contributed by atoms with E-state index in [9.17, 15) is 4.79 Å². The number of anilines is 1. The van der Waals surface area contributed by atoms with E-state index >= 15 is 0 Å². The Hall–Kier alpha value is -3.52. The largest absolute Gasteiger partial charge is 0.465 e. The van der Waals surface area contributed by atoms with Gasteiger partial charge in [-0.05, 0) is 53.2 Å². The normalized spacial score (nSPS) is 11.4. The van der Waals surface area contributed by atoms with Crippen LogP contribution in [0.2, 0.25) is 0 Å². The molecular formula is C21H16BrN5O2. The van der Waals surface area contributed by atoms with E-state index in [1.165, 1.54) is 10.9 Å². The van der Waals surface area contributed by atoms with Crippen molar-refractivity contribution in [3.63, 3.8) is 0 Å². The van der Waals surface area contributed by atoms with Gasteiger partial charge in [0, 0.05) is 21.8 Å². The highest BCUT2D eigenvalue weighted by atomic mass is 79.9. The molecule has 8 heteroatoms. The Balaban J connectivity index is 1.76. The number of hydrogen-bond donors (Lipinski definition) is 1. The Morgan fingerprint density at radius 2 is 1.97 bits per heavy atom. The topological polar surface area (TPSA) is 85.8 Å². The van der Waals surface area contributed by atoms with Crippen LogP contribution >= 0.6 is 15.9 Å². The molecule has 1 amide bonds. The second kappa shape index (κ2) is 8.24. The Bertz CT molecular complexity index is 1170. The van der Waals surface area contributed by atoms with Gasteiger partial charge in [-0.15, -0.1) is 5.10 Å². The average Bonchev–Trinajstić information content (AvgIpc) is 3.40. The van der Waals surface area contributed by atoms with Crippen molar-refractivity contribution < 1.29 is 9.21 Å². The highest BCUT2D eigenvalue weighted by Crippen LogP contribution is 2.24. The summed E-state index contributed by atoms with van der Waals surface area (Å²) in [6.07, 6.45) is 3.14. The molecule has 0 fully saturated rings. The van der Waals surface area contributed by atoms with Crippen molar-refractivity contribution in [1.29, 1.82) is 0 Å². The summed E-state index contributed by atoms with van der Waals surface area (Å²) < 4.78 is 7.74. The standard InChI is InChI=1S/C21H16BrN5O2/c1-14-12-16(22)9-10-18(14)23-21(28)19(13-17-8-5-11-29-17)27-20(24-25-26-27)15-6-3-2-4-7-15/h2-13H,1H3,(H,23,28). The quantitative estimate of drug-likeness (QED) is 0.448. The number of carbonyl (C=O) groups excluding carboxylic acids is 1. The van der Waals surface area contributed by atoms with Crippen molar-refractivity contribution >= 4 is 39.3 Å². The van der Waals surface area contributed by atoms with Crippen LogP contribution in [0.25, 0.3) is 23.2 Å². The number of tetrazole rings is 1. The first-order valence-corrected chi connectivity index (χ1v) is 9.58. The van der Waals surface area contributed by atoms with Crippen LogP contribution in [0.15, 0.2) is 75.8 Å². The van der Waals surface area contributed by atoms with Crippen LogP contribution in [0, 0.1) is 6.92 Å². The molecule has 0 aliphatic carbocycles. The number of nitrogens with zero attached hydrogens (tertiary/aromatic N) is 4. The van der Waals surface area contributed by atoms with Gasteiger partial charge in [-0.1, -0.05) is 46.3 Å². The molecule has 4 aromatic rings. The van der Waals surface area contributed by atoms with Gasteiger partial charge in [0.25, 0.3) is 5.91 Å². The fourth-order valence-electron chi connectivity index (χ4n) is 2.80. The molecular weight excluding hydrogens is 434 g/mol. The van der Waals surface area contributed by atoms with Crippen LogP contribution in [0.1, 0.15) is 11.3 Å². The van der Waals surface area contributed by atoms with E-state index in [0.29, 0.717) is 17.3 Å². The molecule has 0 aliphatic rings. The molecule has 0 aliphatic heterocycles. The number of aromatic nitrogens is 4. The first-order valence-electron chi connectivity index (χ1n) is 8.79. The highest BCUT2D eigenvalue weighted by molar-refractivity contribution is 9.10. The molecule has 0 atom stereocenters. The van der Waals surface area contributed by atoms with Crippen LogP contribution in [0.5, 0.6) is 0 Å². The van der Waals surface area contributed by atoms with Gasteiger partial charge in [0.1, 0.15) is 11.5 Å². The summed E-state index contributed by atoms with van der Waals surface area (Å²) in [5.74, 6) is 0.597. The summed E-state index contributed by atoms with van der Waals surface area (Å²) in [6.45, 7) is 1.92. The number of carbonyl (C=O) groups is 1. The second-order valence-electron chi connectivity index (χ2n) is 6.24. The van der Waals surface area contributed by atoms with Gasteiger partial charge in [0.2, 0.25) is 0 Å². The van der Waals surface area contributed by atoms with Gasteiger partial charge in [-0.3, -0.25) is 4.79 Å². The molecule has 7 nitrogen and oxygen atoms in total. The van der Waals surface area contributed by atoms with E-state index in [0.717, 1.165) is 15.6 Å². The van der Waals surface area contributed by atoms with Crippen molar-refractivity contribution in [3.05, 3.63) is 82.7 Å². The van der Waals surface area contributed by atoms with Gasteiger partial charge in [0.15, 0.2) is 5.82 Å². The number of furan rings is 1. The number of aryl methyl sites for hydroxylation is 1. The number of nitrogens with one attached hydrogen (secondary N) is 1. The molecule has 2 aromatic heterocycles. The third-order valence-corrected chi connectivity index (χ3v) is 4.71. The number of hydrogen-bond acceptors (Lipinski definition) is 5. The van der Waals surface area contributed by atoms with Crippen LogP contribution in [-0.2, 0) is 4.79 Å². The first-order chi connectivity index (χ1) is 14.1. The van der Waals surface area contributed by atoms with Crippen molar-refractivity contribution in [2.75, 3.05) is 5.32 Å². The predicted molar refractivity (Wildman–Crippen MR) is 114 cm³/mol. The fourth-order valence-corrected chi connectivity index (χ4v) is 3.28. The zero-order chi connectivity index (χ0) is 20.2. The molecule has 0 bridgehead atoms. The van der Waals surface area contributed by atoms with Gasteiger partial charge in [0.05, 0.1) is 6.26 Å². The second-order valence-corrected chi connectivity index (χ2v) is 7.15. The van der Waals surface area contributed by atoms with Gasteiger partial charge < -0.3 is 9.73 Å². The molecule has 2 heterocycles. The number of halogens is 1. The zero-order valence-corrected chi connectivity index (χ0v) is 17.0. The molecule has 0 saturated carbocycles. The Morgan fingerprint density at radius 1 is 1.14 bits per heavy atom. The lowest BCUT2D eigenvalue weighted by Crippen LogP contribution is -2.19. The molecule has 0 unspecified atom stereocenters. The van der Waals surface area contributed by atoms with Crippen LogP contribution < -0.4 is 5.32 Å². The van der Waals surface area contributed by atoms with E-state index < -0.39 is 0 Å². The van der Waals surface area contributed by atoms with Crippen molar-refractivity contribution in [3.8, 4) is 11.4 Å². The van der Waals surface area contributed by atoms with Crippen molar-refractivity contribution in [2.45, 2.75) is 6.92 Å². The summed E-state index contributed by atoms with van der Waals surface area (Å²) >= 11 is 3.43. The fraction of sp³-hybridized carbons (Fsp3) is 0.0476. The monoisotopic (exact) mass is 449 g/mol. The molecule has 0 spiro atoms. The smallest absolute Gasteiger partial charge is 0.274 e. The van der Waals surface area contributed by atoms with E-state index in [2.05, 4.69) is 36.8 Å². The van der Waals surface area contributed by atoms with Crippen molar-refractivity contribution in [2.24, 2.45) is 0 Å². The maximum Gasteiger partial charge on any atom is 0.274 e. The Labute approximate surface area is 175 Å². The summed E-state index contributed by atoms with van der Waals surface area (Å²) in [4.78, 5) is 13.2. The third-order valence-electron chi connectivity index (χ3n) is 4.22. The molecule has 0 radical (unpaired) electrons. The first kappa shape index (κ1) is 18.8. The molecule has 144 valence electrons. The van der Waals surface area contributed by atoms with Gasteiger partial charge in [-0.25, -0.2) is 0 Å². The van der Waals surface area contributed by atoms with Crippen LogP contribution in [0.3, 0.4) is 0 Å². The minimum Gasteiger partial charge on any atom is -0.465 e. The SMILES string of the molecule is Cc1cc(Br)ccc1NC(=O)C(=Cc1ccco1)n1nnnc1-c1ccccc1. The van der Waals surface area contributed by atoms with Crippen LogP contribution in [-0.4, -0.2) is 26.1 Å². The lowest BCUT2D eigenvalue weighted by atomic mass is 10.2. The summed E-state index contributed by atoms with van der Waals surface area (Å²) in [5.41, 5.74) is 2.63.